The molecule has 0 rings (SSSR count). The molecule has 0 unspecified atom stereocenters. The Bertz CT molecular complexity index is 175. The molecule has 0 saturated carbocycles. The van der Waals surface area contributed by atoms with Crippen molar-refractivity contribution in [2.24, 2.45) is 0 Å². The third kappa shape index (κ3) is 6.71. The van der Waals surface area contributed by atoms with Crippen molar-refractivity contribution < 1.29 is 14.6 Å². The molecule has 0 bridgehead atoms. The molecule has 84 valence electrons. The van der Waals surface area contributed by atoms with E-state index in [1.165, 1.54) is 0 Å². The van der Waals surface area contributed by atoms with Gasteiger partial charge in [-0.15, -0.1) is 0 Å². The molecule has 1 atom stereocenters. The van der Waals surface area contributed by atoms with Gasteiger partial charge >= 0.3 is 6.09 Å². The van der Waals surface area contributed by atoms with Gasteiger partial charge in [0.25, 0.3) is 0 Å². The Hall–Kier alpha value is -0.770. The smallest absolute Gasteiger partial charge is 0.407 e. The zero-order valence-electron chi connectivity index (χ0n) is 9.46. The summed E-state index contributed by atoms with van der Waals surface area (Å²) in [7, 11) is 0. The molecule has 0 aliphatic rings. The van der Waals surface area contributed by atoms with Crippen molar-refractivity contribution in [3.8, 4) is 0 Å². The van der Waals surface area contributed by atoms with Gasteiger partial charge < -0.3 is 15.2 Å². The number of hydrogen-bond donors (Lipinski definition) is 2. The highest BCUT2D eigenvalue weighted by Gasteiger charge is 2.17. The maximum Gasteiger partial charge on any atom is 0.407 e. The first-order valence-corrected chi connectivity index (χ1v) is 4.98. The molecule has 1 amide bonds. The molecular weight excluding hydrogens is 182 g/mol. The van der Waals surface area contributed by atoms with Crippen molar-refractivity contribution in [2.45, 2.75) is 52.2 Å². The van der Waals surface area contributed by atoms with E-state index in [2.05, 4.69) is 5.32 Å². The van der Waals surface area contributed by atoms with Gasteiger partial charge in [-0.1, -0.05) is 13.3 Å². The van der Waals surface area contributed by atoms with E-state index in [1.807, 2.05) is 27.7 Å². The molecular formula is C10H21NO3. The van der Waals surface area contributed by atoms with E-state index >= 15 is 0 Å². The fourth-order valence-corrected chi connectivity index (χ4v) is 0.996. The molecule has 0 aromatic carbocycles. The van der Waals surface area contributed by atoms with Gasteiger partial charge in [0.2, 0.25) is 0 Å². The number of carbonyl (C=O) groups excluding carboxylic acids is 1. The zero-order valence-corrected chi connectivity index (χ0v) is 9.46. The van der Waals surface area contributed by atoms with Crippen LogP contribution in [0.5, 0.6) is 0 Å². The lowest BCUT2D eigenvalue weighted by atomic mass is 10.1. The lowest BCUT2D eigenvalue weighted by Crippen LogP contribution is -2.42. The summed E-state index contributed by atoms with van der Waals surface area (Å²) >= 11 is 0. The van der Waals surface area contributed by atoms with Crippen molar-refractivity contribution in [2.75, 3.05) is 6.61 Å². The van der Waals surface area contributed by atoms with Crippen LogP contribution in [0.1, 0.15) is 40.5 Å². The lowest BCUT2D eigenvalue weighted by molar-refractivity contribution is 0.0485. The predicted molar refractivity (Wildman–Crippen MR) is 55.2 cm³/mol. The van der Waals surface area contributed by atoms with E-state index in [0.717, 1.165) is 6.42 Å². The van der Waals surface area contributed by atoms with Crippen LogP contribution in [0.4, 0.5) is 4.79 Å². The van der Waals surface area contributed by atoms with Crippen molar-refractivity contribution in [1.29, 1.82) is 0 Å². The number of ether oxygens (including phenoxy) is 1. The number of aliphatic hydroxyl groups excluding tert-OH is 1. The average Bonchev–Trinajstić information content (AvgIpc) is 2.00. The van der Waals surface area contributed by atoms with Gasteiger partial charge in [-0.3, -0.25) is 0 Å². The van der Waals surface area contributed by atoms with Crippen LogP contribution in [-0.4, -0.2) is 29.4 Å². The van der Waals surface area contributed by atoms with E-state index in [4.69, 9.17) is 9.84 Å². The average molecular weight is 203 g/mol. The minimum Gasteiger partial charge on any atom is -0.444 e. The predicted octanol–water partition coefficient (Wildman–Crippen LogP) is 1.67. The molecule has 14 heavy (non-hydrogen) atoms. The van der Waals surface area contributed by atoms with E-state index in [0.29, 0.717) is 6.42 Å². The molecule has 4 heteroatoms. The summed E-state index contributed by atoms with van der Waals surface area (Å²) in [5, 5.41) is 11.6. The molecule has 0 spiro atoms. The quantitative estimate of drug-likeness (QED) is 0.730. The van der Waals surface area contributed by atoms with Crippen molar-refractivity contribution >= 4 is 6.09 Å². The second kappa shape index (κ2) is 5.86. The SMILES string of the molecule is CCC[C@@H](CO)OC(=O)NC(C)(C)C. The van der Waals surface area contributed by atoms with Crippen LogP contribution in [-0.2, 0) is 4.74 Å². The second-order valence-corrected chi connectivity index (χ2v) is 4.37. The maximum atomic E-state index is 11.3. The van der Waals surface area contributed by atoms with Crippen molar-refractivity contribution in [3.63, 3.8) is 0 Å². The van der Waals surface area contributed by atoms with Gasteiger partial charge in [-0.25, -0.2) is 4.79 Å². The maximum absolute atomic E-state index is 11.3. The molecule has 0 fully saturated rings. The van der Waals surface area contributed by atoms with Crippen LogP contribution < -0.4 is 5.32 Å². The van der Waals surface area contributed by atoms with Crippen molar-refractivity contribution in [1.82, 2.24) is 5.32 Å². The number of hydrogen-bond acceptors (Lipinski definition) is 3. The van der Waals surface area contributed by atoms with E-state index in [9.17, 15) is 4.79 Å². The molecule has 0 heterocycles. The number of alkyl carbamates (subject to hydrolysis) is 1. The molecule has 4 nitrogen and oxygen atoms in total. The van der Waals surface area contributed by atoms with Crippen LogP contribution in [0, 0.1) is 0 Å². The topological polar surface area (TPSA) is 58.6 Å². The number of aliphatic hydroxyl groups is 1. The third-order valence-electron chi connectivity index (χ3n) is 1.57. The first-order valence-electron chi connectivity index (χ1n) is 4.98. The van der Waals surface area contributed by atoms with Gasteiger partial charge in [0.05, 0.1) is 6.61 Å². The van der Waals surface area contributed by atoms with Gasteiger partial charge in [0.1, 0.15) is 6.10 Å². The van der Waals surface area contributed by atoms with Gasteiger partial charge in [-0.2, -0.15) is 0 Å². The highest BCUT2D eigenvalue weighted by molar-refractivity contribution is 5.68. The van der Waals surface area contributed by atoms with Crippen LogP contribution >= 0.6 is 0 Å². The van der Waals surface area contributed by atoms with Crippen molar-refractivity contribution in [3.05, 3.63) is 0 Å². The number of nitrogens with one attached hydrogen (secondary N) is 1. The summed E-state index contributed by atoms with van der Waals surface area (Å²) in [6, 6.07) is 0. The highest BCUT2D eigenvalue weighted by Crippen LogP contribution is 2.04. The Balaban J connectivity index is 3.91. The lowest BCUT2D eigenvalue weighted by Gasteiger charge is -2.22. The summed E-state index contributed by atoms with van der Waals surface area (Å²) in [6.45, 7) is 7.49. The highest BCUT2D eigenvalue weighted by atomic mass is 16.6. The minimum atomic E-state index is -0.468. The zero-order chi connectivity index (χ0) is 11.2. The number of amides is 1. The minimum absolute atomic E-state index is 0.120. The van der Waals surface area contributed by atoms with Gasteiger partial charge in [0.15, 0.2) is 0 Å². The Kier molecular flexibility index (Phi) is 5.53. The van der Waals surface area contributed by atoms with Crippen LogP contribution in [0.15, 0.2) is 0 Å². The Morgan fingerprint density at radius 1 is 1.50 bits per heavy atom. The molecule has 0 saturated heterocycles. The molecule has 0 aliphatic heterocycles. The molecule has 0 aromatic rings. The van der Waals surface area contributed by atoms with Crippen LogP contribution in [0.2, 0.25) is 0 Å². The fourth-order valence-electron chi connectivity index (χ4n) is 0.996. The fraction of sp³-hybridized carbons (Fsp3) is 0.900. The normalized spacial score (nSPS) is 13.5. The standard InChI is InChI=1S/C10H21NO3/c1-5-6-8(7-12)14-9(13)11-10(2,3)4/h8,12H,5-7H2,1-4H3,(H,11,13)/t8-/m0/s1. The Morgan fingerprint density at radius 2 is 2.07 bits per heavy atom. The molecule has 0 radical (unpaired) electrons. The van der Waals surface area contributed by atoms with Crippen LogP contribution in [0.25, 0.3) is 0 Å². The summed E-state index contributed by atoms with van der Waals surface area (Å²) in [5.74, 6) is 0. The first kappa shape index (κ1) is 13.2. The van der Waals surface area contributed by atoms with Crippen LogP contribution in [0.3, 0.4) is 0 Å². The third-order valence-corrected chi connectivity index (χ3v) is 1.57. The molecule has 2 N–H and O–H groups in total. The Morgan fingerprint density at radius 3 is 2.43 bits per heavy atom. The summed E-state index contributed by atoms with van der Waals surface area (Å²) in [4.78, 5) is 11.3. The largest absolute Gasteiger partial charge is 0.444 e. The number of rotatable bonds is 4. The summed E-state index contributed by atoms with van der Waals surface area (Å²) in [6.07, 6.45) is 0.717. The van der Waals surface area contributed by atoms with Gasteiger partial charge in [0, 0.05) is 5.54 Å². The van der Waals surface area contributed by atoms with E-state index in [1.54, 1.807) is 0 Å². The van der Waals surface area contributed by atoms with E-state index in [-0.39, 0.29) is 18.2 Å². The summed E-state index contributed by atoms with van der Waals surface area (Å²) in [5.41, 5.74) is -0.302. The monoisotopic (exact) mass is 203 g/mol. The first-order chi connectivity index (χ1) is 6.39. The second-order valence-electron chi connectivity index (χ2n) is 4.37. The van der Waals surface area contributed by atoms with E-state index < -0.39 is 6.09 Å². The molecule has 0 aromatic heterocycles. The number of carbonyl (C=O) groups is 1. The van der Waals surface area contributed by atoms with Gasteiger partial charge in [-0.05, 0) is 27.2 Å². The Labute approximate surface area is 85.6 Å². The summed E-state index contributed by atoms with van der Waals surface area (Å²) < 4.78 is 5.02. The molecule has 0 aliphatic carbocycles.